The molecule has 102 valence electrons. The molecule has 0 radical (unpaired) electrons. The molecule has 0 spiro atoms. The van der Waals surface area contributed by atoms with E-state index >= 15 is 0 Å². The maximum absolute atomic E-state index is 6.29. The van der Waals surface area contributed by atoms with Gasteiger partial charge in [-0.1, -0.05) is 23.2 Å². The van der Waals surface area contributed by atoms with Gasteiger partial charge in [-0.05, 0) is 18.2 Å². The molecule has 2 aliphatic rings. The average Bonchev–Trinajstić information content (AvgIpc) is 2.98. The van der Waals surface area contributed by atoms with Crippen LogP contribution in [0.3, 0.4) is 0 Å². The largest absolute Gasteiger partial charge is 0.330 e. The Morgan fingerprint density at radius 1 is 1.26 bits per heavy atom. The topological polar surface area (TPSA) is 37.3 Å². The maximum atomic E-state index is 6.29. The number of hydrogen-bond donors (Lipinski definition) is 0. The first-order chi connectivity index (χ1) is 9.13. The van der Waals surface area contributed by atoms with E-state index in [9.17, 15) is 0 Å². The highest BCUT2D eigenvalue weighted by atomic mass is 35.5. The van der Waals surface area contributed by atoms with E-state index in [1.54, 1.807) is 18.5 Å². The van der Waals surface area contributed by atoms with E-state index in [0.717, 1.165) is 5.56 Å². The molecule has 0 saturated carbocycles. The quantitative estimate of drug-likeness (QED) is 0.840. The van der Waals surface area contributed by atoms with E-state index in [-0.39, 0.29) is 0 Å². The Kier molecular flexibility index (Phi) is 3.41. The molecule has 7 heteroatoms. The molecule has 2 heterocycles. The number of ether oxygens (including phenoxy) is 2. The van der Waals surface area contributed by atoms with E-state index < -0.39 is 5.91 Å². The zero-order valence-electron chi connectivity index (χ0n) is 10.3. The van der Waals surface area contributed by atoms with E-state index in [1.807, 2.05) is 23.1 Å². The molecule has 3 rings (SSSR count). The van der Waals surface area contributed by atoms with Gasteiger partial charge in [0.25, 0.3) is 5.91 Å². The van der Waals surface area contributed by atoms with Gasteiger partial charge in [0.15, 0.2) is 0 Å². The second-order valence-corrected chi connectivity index (χ2v) is 5.16. The lowest BCUT2D eigenvalue weighted by atomic mass is 10.1. The Hall–Kier alpha value is -0.850. The van der Waals surface area contributed by atoms with Gasteiger partial charge < -0.3 is 9.47 Å². The number of aliphatic imine (C=N–C) groups is 1. The molecular formula is C12H13Cl2N3O2. The van der Waals surface area contributed by atoms with Crippen molar-refractivity contribution in [3.05, 3.63) is 33.8 Å². The zero-order chi connectivity index (χ0) is 13.5. The van der Waals surface area contributed by atoms with Crippen molar-refractivity contribution < 1.29 is 9.47 Å². The highest BCUT2D eigenvalue weighted by Gasteiger charge is 2.49. The van der Waals surface area contributed by atoms with Gasteiger partial charge >= 0.3 is 0 Å². The summed E-state index contributed by atoms with van der Waals surface area (Å²) in [5.41, 5.74) is 0.730. The smallest absolute Gasteiger partial charge is 0.278 e. The second kappa shape index (κ2) is 4.92. The molecule has 5 nitrogen and oxygen atoms in total. The number of benzene rings is 1. The van der Waals surface area contributed by atoms with Gasteiger partial charge in [-0.2, -0.15) is 0 Å². The fraction of sp³-hybridized carbons (Fsp3) is 0.417. The lowest BCUT2D eigenvalue weighted by Gasteiger charge is -2.39. The van der Waals surface area contributed by atoms with Crippen LogP contribution >= 0.6 is 23.2 Å². The highest BCUT2D eigenvalue weighted by Crippen LogP contribution is 2.40. The Bertz CT molecular complexity index is 518. The SMILES string of the molecule is CN1C=NCN1C1(c2ccc(Cl)cc2Cl)OCCO1. The number of hydrogen-bond acceptors (Lipinski definition) is 5. The van der Waals surface area contributed by atoms with Gasteiger partial charge in [0.05, 0.1) is 18.2 Å². The van der Waals surface area contributed by atoms with Crippen LogP contribution in [0.1, 0.15) is 5.56 Å². The van der Waals surface area contributed by atoms with Crippen LogP contribution in [0.5, 0.6) is 0 Å². The van der Waals surface area contributed by atoms with Gasteiger partial charge in [-0.15, -0.1) is 5.01 Å². The van der Waals surface area contributed by atoms with E-state index in [2.05, 4.69) is 4.99 Å². The molecular weight excluding hydrogens is 289 g/mol. The summed E-state index contributed by atoms with van der Waals surface area (Å²) in [4.78, 5) is 4.21. The van der Waals surface area contributed by atoms with Crippen molar-refractivity contribution in [1.29, 1.82) is 0 Å². The molecule has 1 fully saturated rings. The Morgan fingerprint density at radius 2 is 2.00 bits per heavy atom. The van der Waals surface area contributed by atoms with Crippen LogP contribution in [-0.2, 0) is 15.4 Å². The van der Waals surface area contributed by atoms with Crippen LogP contribution in [0, 0.1) is 0 Å². The minimum atomic E-state index is -1.03. The summed E-state index contributed by atoms with van der Waals surface area (Å²) >= 11 is 12.2. The third-order valence-corrected chi connectivity index (χ3v) is 3.68. The predicted molar refractivity (Wildman–Crippen MR) is 73.0 cm³/mol. The third kappa shape index (κ3) is 2.11. The van der Waals surface area contributed by atoms with Gasteiger partial charge in [0.2, 0.25) is 0 Å². The molecule has 0 atom stereocenters. The lowest BCUT2D eigenvalue weighted by Crippen LogP contribution is -2.52. The van der Waals surface area contributed by atoms with Crippen LogP contribution in [0.25, 0.3) is 0 Å². The van der Waals surface area contributed by atoms with Crippen LogP contribution in [0.15, 0.2) is 23.2 Å². The molecule has 2 aliphatic heterocycles. The minimum Gasteiger partial charge on any atom is -0.330 e. The summed E-state index contributed by atoms with van der Waals surface area (Å²) in [6.45, 7) is 1.46. The molecule has 1 aromatic carbocycles. The van der Waals surface area contributed by atoms with E-state index in [4.69, 9.17) is 32.7 Å². The van der Waals surface area contributed by atoms with Crippen molar-refractivity contribution in [3.63, 3.8) is 0 Å². The summed E-state index contributed by atoms with van der Waals surface area (Å²) in [6, 6.07) is 5.27. The summed E-state index contributed by atoms with van der Waals surface area (Å²) in [6.07, 6.45) is 1.72. The van der Waals surface area contributed by atoms with Crippen molar-refractivity contribution in [2.45, 2.75) is 5.91 Å². The Labute approximate surface area is 121 Å². The van der Waals surface area contributed by atoms with Gasteiger partial charge in [-0.25, -0.2) is 0 Å². The minimum absolute atomic E-state index is 0.454. The molecule has 0 aliphatic carbocycles. The first kappa shape index (κ1) is 13.1. The van der Waals surface area contributed by atoms with E-state index in [1.165, 1.54) is 0 Å². The number of nitrogens with zero attached hydrogens (tertiary/aromatic N) is 3. The molecule has 0 unspecified atom stereocenters. The van der Waals surface area contributed by atoms with Crippen molar-refractivity contribution >= 4 is 29.5 Å². The molecule has 19 heavy (non-hydrogen) atoms. The third-order valence-electron chi connectivity index (χ3n) is 3.14. The molecule has 0 amide bonds. The summed E-state index contributed by atoms with van der Waals surface area (Å²) in [5.74, 6) is -1.03. The van der Waals surface area contributed by atoms with Crippen molar-refractivity contribution in [2.75, 3.05) is 26.9 Å². The maximum Gasteiger partial charge on any atom is 0.278 e. The summed E-state index contributed by atoms with van der Waals surface area (Å²) in [5, 5.41) is 4.79. The summed E-state index contributed by atoms with van der Waals surface area (Å²) < 4.78 is 11.7. The fourth-order valence-electron chi connectivity index (χ4n) is 2.29. The van der Waals surface area contributed by atoms with E-state index in [0.29, 0.717) is 29.9 Å². The number of rotatable bonds is 2. The van der Waals surface area contributed by atoms with Crippen LogP contribution in [0.4, 0.5) is 0 Å². The van der Waals surface area contributed by atoms with Crippen molar-refractivity contribution in [2.24, 2.45) is 4.99 Å². The second-order valence-electron chi connectivity index (χ2n) is 4.32. The monoisotopic (exact) mass is 301 g/mol. The first-order valence-electron chi connectivity index (χ1n) is 5.87. The van der Waals surface area contributed by atoms with Crippen molar-refractivity contribution in [1.82, 2.24) is 10.0 Å². The molecule has 0 aromatic heterocycles. The number of halogens is 2. The Balaban J connectivity index is 2.05. The normalized spacial score (nSPS) is 22.4. The Morgan fingerprint density at radius 3 is 2.58 bits per heavy atom. The molecule has 0 bridgehead atoms. The highest BCUT2D eigenvalue weighted by molar-refractivity contribution is 6.35. The summed E-state index contributed by atoms with van der Waals surface area (Å²) in [7, 11) is 1.88. The average molecular weight is 302 g/mol. The molecule has 1 saturated heterocycles. The lowest BCUT2D eigenvalue weighted by molar-refractivity contribution is -0.306. The van der Waals surface area contributed by atoms with Crippen molar-refractivity contribution in [3.8, 4) is 0 Å². The number of hydrazine groups is 1. The standard InChI is InChI=1S/C12H13Cl2N3O2/c1-16-7-15-8-17(16)12(18-4-5-19-12)10-3-2-9(13)6-11(10)14/h2-3,6-7H,4-5,8H2,1H3. The zero-order valence-corrected chi connectivity index (χ0v) is 11.9. The molecule has 1 aromatic rings. The fourth-order valence-corrected chi connectivity index (χ4v) is 2.81. The molecule has 0 N–H and O–H groups in total. The first-order valence-corrected chi connectivity index (χ1v) is 6.63. The van der Waals surface area contributed by atoms with Crippen LogP contribution in [0.2, 0.25) is 10.0 Å². The van der Waals surface area contributed by atoms with Gasteiger partial charge in [-0.3, -0.25) is 10.0 Å². The predicted octanol–water partition coefficient (Wildman–Crippen LogP) is 2.30. The van der Waals surface area contributed by atoms with Gasteiger partial charge in [0.1, 0.15) is 13.0 Å². The van der Waals surface area contributed by atoms with Crippen LogP contribution in [-0.4, -0.2) is 43.3 Å². The van der Waals surface area contributed by atoms with Gasteiger partial charge in [0, 0.05) is 17.6 Å². The van der Waals surface area contributed by atoms with Crippen LogP contribution < -0.4 is 0 Å².